The van der Waals surface area contributed by atoms with Gasteiger partial charge in [0.15, 0.2) is 0 Å². The van der Waals surface area contributed by atoms with Crippen LogP contribution < -0.4 is 5.32 Å². The molecule has 7 heteroatoms. The predicted octanol–water partition coefficient (Wildman–Crippen LogP) is 3.34. The van der Waals surface area contributed by atoms with Gasteiger partial charge in [-0.1, -0.05) is 30.7 Å². The fourth-order valence-electron chi connectivity index (χ4n) is 2.35. The van der Waals surface area contributed by atoms with Crippen molar-refractivity contribution in [2.45, 2.75) is 49.1 Å². The number of carbonyl (C=O) groups excluding carboxylic acids is 1. The average Bonchev–Trinajstić information content (AvgIpc) is 3.20. The third kappa shape index (κ3) is 3.65. The van der Waals surface area contributed by atoms with Crippen molar-refractivity contribution < 1.29 is 9.21 Å². The molecule has 2 aromatic heterocycles. The smallest absolute Gasteiger partial charge is 0.277 e. The Morgan fingerprint density at radius 1 is 1.48 bits per heavy atom. The lowest BCUT2D eigenvalue weighted by Gasteiger charge is -2.14. The molecule has 2 heterocycles. The molecule has 0 aromatic carbocycles. The topological polar surface area (TPSA) is 68.0 Å². The van der Waals surface area contributed by atoms with Crippen LogP contribution in [0.25, 0.3) is 10.8 Å². The SMILES string of the molecule is CC(Sc1nnc(-c2cccs2)o1)C(=O)NC1CCCC1. The van der Waals surface area contributed by atoms with Gasteiger partial charge in [-0.3, -0.25) is 4.79 Å². The molecule has 1 fully saturated rings. The van der Waals surface area contributed by atoms with Crippen molar-refractivity contribution in [3.05, 3.63) is 17.5 Å². The molecule has 1 amide bonds. The Balaban J connectivity index is 1.56. The quantitative estimate of drug-likeness (QED) is 0.855. The van der Waals surface area contributed by atoms with Crippen molar-refractivity contribution in [3.63, 3.8) is 0 Å². The molecule has 1 saturated carbocycles. The second-order valence-corrected chi connectivity index (χ2v) is 7.34. The molecule has 0 saturated heterocycles. The summed E-state index contributed by atoms with van der Waals surface area (Å²) in [6.07, 6.45) is 4.60. The van der Waals surface area contributed by atoms with Gasteiger partial charge in [-0.15, -0.1) is 21.5 Å². The highest BCUT2D eigenvalue weighted by atomic mass is 32.2. The van der Waals surface area contributed by atoms with Crippen LogP contribution in [-0.2, 0) is 4.79 Å². The fourth-order valence-corrected chi connectivity index (χ4v) is 3.69. The second kappa shape index (κ2) is 6.62. The van der Waals surface area contributed by atoms with Crippen LogP contribution in [0.1, 0.15) is 32.6 Å². The van der Waals surface area contributed by atoms with E-state index in [0.29, 0.717) is 17.2 Å². The molecule has 1 aliphatic rings. The summed E-state index contributed by atoms with van der Waals surface area (Å²) in [5, 5.41) is 13.3. The molecular weight excluding hydrogens is 306 g/mol. The van der Waals surface area contributed by atoms with Gasteiger partial charge in [0.2, 0.25) is 5.91 Å². The van der Waals surface area contributed by atoms with Gasteiger partial charge in [-0.05, 0) is 31.2 Å². The monoisotopic (exact) mass is 323 g/mol. The number of rotatable bonds is 5. The lowest BCUT2D eigenvalue weighted by atomic mass is 10.2. The molecule has 2 aromatic rings. The van der Waals surface area contributed by atoms with Crippen molar-refractivity contribution in [2.24, 2.45) is 0 Å². The van der Waals surface area contributed by atoms with Gasteiger partial charge in [0, 0.05) is 6.04 Å². The van der Waals surface area contributed by atoms with E-state index in [-0.39, 0.29) is 11.2 Å². The summed E-state index contributed by atoms with van der Waals surface area (Å²) in [5.74, 6) is 0.554. The minimum Gasteiger partial charge on any atom is -0.410 e. The normalized spacial score (nSPS) is 17.0. The van der Waals surface area contributed by atoms with Crippen LogP contribution in [0.2, 0.25) is 0 Å². The van der Waals surface area contributed by atoms with Gasteiger partial charge < -0.3 is 9.73 Å². The standard InChI is InChI=1S/C14H17N3O2S2/c1-9(12(18)15-10-5-2-3-6-10)21-14-17-16-13(19-14)11-7-4-8-20-11/h4,7-10H,2-3,5-6H2,1H3,(H,15,18). The molecular formula is C14H17N3O2S2. The Bertz CT molecular complexity index is 591. The Morgan fingerprint density at radius 3 is 3.00 bits per heavy atom. The zero-order valence-corrected chi connectivity index (χ0v) is 13.4. The van der Waals surface area contributed by atoms with E-state index in [1.165, 1.54) is 24.6 Å². The van der Waals surface area contributed by atoms with E-state index in [4.69, 9.17) is 4.42 Å². The van der Waals surface area contributed by atoms with Gasteiger partial charge in [0.05, 0.1) is 10.1 Å². The van der Waals surface area contributed by atoms with Gasteiger partial charge in [0.1, 0.15) is 0 Å². The first-order valence-corrected chi connectivity index (χ1v) is 8.83. The summed E-state index contributed by atoms with van der Waals surface area (Å²) >= 11 is 2.86. The van der Waals surface area contributed by atoms with Crippen LogP contribution >= 0.6 is 23.1 Å². The molecule has 1 N–H and O–H groups in total. The molecule has 1 atom stereocenters. The van der Waals surface area contributed by atoms with Crippen molar-refractivity contribution in [2.75, 3.05) is 0 Å². The number of hydrogen-bond acceptors (Lipinski definition) is 6. The summed E-state index contributed by atoms with van der Waals surface area (Å²) < 4.78 is 5.59. The largest absolute Gasteiger partial charge is 0.410 e. The number of thioether (sulfide) groups is 1. The average molecular weight is 323 g/mol. The van der Waals surface area contributed by atoms with E-state index in [0.717, 1.165) is 17.7 Å². The van der Waals surface area contributed by atoms with E-state index >= 15 is 0 Å². The van der Waals surface area contributed by atoms with Crippen LogP contribution in [0.5, 0.6) is 0 Å². The fraction of sp³-hybridized carbons (Fsp3) is 0.500. The molecule has 0 bridgehead atoms. The Kier molecular flexibility index (Phi) is 4.60. The first-order valence-electron chi connectivity index (χ1n) is 7.07. The van der Waals surface area contributed by atoms with Crippen molar-refractivity contribution >= 4 is 29.0 Å². The number of nitrogens with one attached hydrogen (secondary N) is 1. The summed E-state index contributed by atoms with van der Waals surface area (Å²) in [4.78, 5) is 13.1. The third-order valence-electron chi connectivity index (χ3n) is 3.49. The first kappa shape index (κ1) is 14.6. The summed E-state index contributed by atoms with van der Waals surface area (Å²) in [6.45, 7) is 1.87. The minimum absolute atomic E-state index is 0.0442. The molecule has 1 aliphatic carbocycles. The van der Waals surface area contributed by atoms with Crippen molar-refractivity contribution in [1.82, 2.24) is 15.5 Å². The van der Waals surface area contributed by atoms with Gasteiger partial charge in [0.25, 0.3) is 11.1 Å². The molecule has 1 unspecified atom stereocenters. The molecule has 112 valence electrons. The minimum atomic E-state index is -0.234. The molecule has 0 spiro atoms. The first-order chi connectivity index (χ1) is 10.2. The Labute approximate surface area is 131 Å². The Morgan fingerprint density at radius 2 is 2.29 bits per heavy atom. The maximum Gasteiger partial charge on any atom is 0.277 e. The van der Waals surface area contributed by atoms with Gasteiger partial charge in [-0.2, -0.15) is 0 Å². The van der Waals surface area contributed by atoms with E-state index in [9.17, 15) is 4.79 Å². The van der Waals surface area contributed by atoms with E-state index < -0.39 is 0 Å². The summed E-state index contributed by atoms with van der Waals surface area (Å²) in [5.41, 5.74) is 0. The molecule has 0 radical (unpaired) electrons. The summed E-state index contributed by atoms with van der Waals surface area (Å²) in [7, 11) is 0. The van der Waals surface area contributed by atoms with E-state index in [1.54, 1.807) is 11.3 Å². The van der Waals surface area contributed by atoms with Crippen LogP contribution in [0.15, 0.2) is 27.2 Å². The zero-order valence-electron chi connectivity index (χ0n) is 11.7. The number of carbonyl (C=O) groups is 1. The third-order valence-corrected chi connectivity index (χ3v) is 5.28. The van der Waals surface area contributed by atoms with Crippen LogP contribution in [0, 0.1) is 0 Å². The number of aromatic nitrogens is 2. The molecule has 21 heavy (non-hydrogen) atoms. The highest BCUT2D eigenvalue weighted by molar-refractivity contribution is 8.00. The Hall–Kier alpha value is -1.34. The highest BCUT2D eigenvalue weighted by Crippen LogP contribution is 2.28. The lowest BCUT2D eigenvalue weighted by Crippen LogP contribution is -2.37. The number of thiophene rings is 1. The number of amides is 1. The van der Waals surface area contributed by atoms with Gasteiger partial charge in [-0.25, -0.2) is 0 Å². The number of hydrogen-bond donors (Lipinski definition) is 1. The lowest BCUT2D eigenvalue weighted by molar-refractivity contribution is -0.120. The molecule has 5 nitrogen and oxygen atoms in total. The molecule has 0 aliphatic heterocycles. The molecule has 3 rings (SSSR count). The summed E-state index contributed by atoms with van der Waals surface area (Å²) in [6, 6.07) is 4.21. The highest BCUT2D eigenvalue weighted by Gasteiger charge is 2.23. The van der Waals surface area contributed by atoms with Crippen LogP contribution in [-0.4, -0.2) is 27.4 Å². The predicted molar refractivity (Wildman–Crippen MR) is 83.3 cm³/mol. The van der Waals surface area contributed by atoms with Crippen LogP contribution in [0.3, 0.4) is 0 Å². The van der Waals surface area contributed by atoms with E-state index in [1.807, 2.05) is 24.4 Å². The van der Waals surface area contributed by atoms with Gasteiger partial charge >= 0.3 is 0 Å². The van der Waals surface area contributed by atoms with Crippen molar-refractivity contribution in [1.29, 1.82) is 0 Å². The van der Waals surface area contributed by atoms with Crippen molar-refractivity contribution in [3.8, 4) is 10.8 Å². The zero-order chi connectivity index (χ0) is 14.7. The maximum absolute atomic E-state index is 12.1. The second-order valence-electron chi connectivity index (χ2n) is 5.10. The maximum atomic E-state index is 12.1. The van der Waals surface area contributed by atoms with E-state index in [2.05, 4.69) is 15.5 Å². The number of nitrogens with zero attached hydrogens (tertiary/aromatic N) is 2. The van der Waals surface area contributed by atoms with Crippen LogP contribution in [0.4, 0.5) is 0 Å².